The topological polar surface area (TPSA) is 184 Å². The SMILES string of the molecule is CCC1/C=C(\C)CC(C)CC(OC)C2OC(O)(C(=O)C(=O)N3CCCCC3C(=O)OC(C(C)=CC3CCC(N)C(OCC=Cc4ccccc4)C3)C(C)C(O)CC1=O)C(C)CC2OC. The number of nitrogens with zero attached hydrogens (tertiary/aromatic N) is 1. The minimum absolute atomic E-state index is 0.0283. The van der Waals surface area contributed by atoms with E-state index in [2.05, 4.69) is 13.0 Å². The van der Waals surface area contributed by atoms with Crippen molar-refractivity contribution in [3.63, 3.8) is 0 Å². The molecule has 0 spiro atoms. The molecule has 3 heterocycles. The molecule has 4 aliphatic rings. The van der Waals surface area contributed by atoms with Crippen LogP contribution in [0.5, 0.6) is 0 Å². The van der Waals surface area contributed by atoms with E-state index < -0.39 is 77.8 Å². The van der Waals surface area contributed by atoms with Crippen molar-refractivity contribution >= 4 is 29.5 Å². The van der Waals surface area contributed by atoms with Crippen LogP contribution in [-0.4, -0.2) is 120 Å². The van der Waals surface area contributed by atoms with Gasteiger partial charge in [0, 0.05) is 51.0 Å². The molecule has 13 nitrogen and oxygen atoms in total. The predicted octanol–water partition coefficient (Wildman–Crippen LogP) is 6.52. The van der Waals surface area contributed by atoms with Crippen LogP contribution in [0, 0.1) is 29.6 Å². The lowest BCUT2D eigenvalue weighted by molar-refractivity contribution is -0.302. The highest BCUT2D eigenvalue weighted by Crippen LogP contribution is 2.39. The number of ether oxygens (including phenoxy) is 5. The second-order valence-electron chi connectivity index (χ2n) is 19.2. The standard InChI is InChI=1S/C51H76N2O11/c1-9-38-25-31(2)24-32(3)26-44(60-7)47-45(61-8)28-34(5)51(59,64-47)48(56)49(57)53-22-14-13-19-40(53)50(58)63-46(35(6)41(54)30-42(38)55)33(4)27-37-20-21-39(52)43(29-37)62-23-15-18-36-16-11-10-12-17-36/h10-12,15-18,25,27,32,34-35,37-41,43-47,54,59H,9,13-14,19-24,26,28-30,52H2,1-8H3/b18-15?,31-25+,33-27?. The van der Waals surface area contributed by atoms with Gasteiger partial charge in [-0.1, -0.05) is 87.9 Å². The number of Topliss-reactive ketones (excluding diaryl/α,β-unsaturated/α-hetero) is 2. The molecule has 356 valence electrons. The average Bonchev–Trinajstić information content (AvgIpc) is 3.28. The smallest absolute Gasteiger partial charge is 0.329 e. The summed E-state index contributed by atoms with van der Waals surface area (Å²) in [5, 5.41) is 23.9. The fourth-order valence-corrected chi connectivity index (χ4v) is 10.3. The molecule has 4 N–H and O–H groups in total. The maximum Gasteiger partial charge on any atom is 0.329 e. The number of carbonyl (C=O) groups is 4. The van der Waals surface area contributed by atoms with Crippen molar-refractivity contribution in [2.75, 3.05) is 27.4 Å². The molecule has 1 saturated carbocycles. The quantitative estimate of drug-likeness (QED) is 0.139. The van der Waals surface area contributed by atoms with Gasteiger partial charge in [0.15, 0.2) is 0 Å². The number of aliphatic hydroxyl groups excluding tert-OH is 1. The third-order valence-corrected chi connectivity index (χ3v) is 14.2. The first-order valence-electron chi connectivity index (χ1n) is 23.7. The summed E-state index contributed by atoms with van der Waals surface area (Å²) < 4.78 is 30.7. The van der Waals surface area contributed by atoms with E-state index in [0.717, 1.165) is 24.0 Å². The van der Waals surface area contributed by atoms with Crippen molar-refractivity contribution in [1.82, 2.24) is 4.90 Å². The molecule has 64 heavy (non-hydrogen) atoms. The first-order valence-corrected chi connectivity index (χ1v) is 23.7. The van der Waals surface area contributed by atoms with Gasteiger partial charge in [0.1, 0.15) is 24.0 Å². The summed E-state index contributed by atoms with van der Waals surface area (Å²) in [7, 11) is 3.08. The van der Waals surface area contributed by atoms with Gasteiger partial charge >= 0.3 is 5.97 Å². The van der Waals surface area contributed by atoms with Crippen LogP contribution in [0.2, 0.25) is 0 Å². The van der Waals surface area contributed by atoms with Crippen LogP contribution in [0.25, 0.3) is 6.08 Å². The molecule has 5 rings (SSSR count). The Bertz CT molecular complexity index is 1820. The molecule has 1 aromatic rings. The number of hydrogen-bond acceptors (Lipinski definition) is 12. The minimum atomic E-state index is -2.51. The van der Waals surface area contributed by atoms with Crippen LogP contribution in [0.4, 0.5) is 0 Å². The van der Waals surface area contributed by atoms with E-state index in [0.29, 0.717) is 50.7 Å². The highest BCUT2D eigenvalue weighted by molar-refractivity contribution is 6.39. The van der Waals surface area contributed by atoms with E-state index in [1.54, 1.807) is 13.8 Å². The second kappa shape index (κ2) is 23.8. The lowest BCUT2D eigenvalue weighted by atomic mass is 9.81. The highest BCUT2D eigenvalue weighted by Gasteiger charge is 2.56. The van der Waals surface area contributed by atoms with Gasteiger partial charge < -0.3 is 44.5 Å². The van der Waals surface area contributed by atoms with Crippen LogP contribution in [0.15, 0.2) is 59.7 Å². The summed E-state index contributed by atoms with van der Waals surface area (Å²) in [6, 6.07) is 8.70. The van der Waals surface area contributed by atoms with Crippen molar-refractivity contribution < 1.29 is 53.1 Å². The molecule has 0 radical (unpaired) electrons. The first kappa shape index (κ1) is 51.4. The number of fused-ring (bicyclic) bond motifs is 3. The molecule has 14 atom stereocenters. The summed E-state index contributed by atoms with van der Waals surface area (Å²) in [6.45, 7) is 11.8. The van der Waals surface area contributed by atoms with Gasteiger partial charge in [0.2, 0.25) is 5.79 Å². The molecule has 14 unspecified atom stereocenters. The highest BCUT2D eigenvalue weighted by atomic mass is 16.7. The van der Waals surface area contributed by atoms with E-state index in [1.807, 2.05) is 69.3 Å². The zero-order valence-electron chi connectivity index (χ0n) is 39.5. The van der Waals surface area contributed by atoms with Crippen molar-refractivity contribution in [2.24, 2.45) is 35.3 Å². The lowest BCUT2D eigenvalue weighted by Gasteiger charge is -2.47. The third kappa shape index (κ3) is 12.9. The summed E-state index contributed by atoms with van der Waals surface area (Å²) in [6.07, 6.45) is 8.89. The number of ketones is 2. The molecule has 0 aromatic heterocycles. The normalized spacial score (nSPS) is 37.9. The summed E-state index contributed by atoms with van der Waals surface area (Å²) in [5.41, 5.74) is 9.33. The number of rotatable bonds is 9. The van der Waals surface area contributed by atoms with E-state index in [4.69, 9.17) is 29.4 Å². The summed E-state index contributed by atoms with van der Waals surface area (Å²) in [5.74, 6) is -7.45. The predicted molar refractivity (Wildman–Crippen MR) is 244 cm³/mol. The number of methoxy groups -OCH3 is 2. The monoisotopic (exact) mass is 893 g/mol. The van der Waals surface area contributed by atoms with Gasteiger partial charge in [-0.05, 0) is 101 Å². The van der Waals surface area contributed by atoms with Gasteiger partial charge in [-0.2, -0.15) is 0 Å². The van der Waals surface area contributed by atoms with Crippen molar-refractivity contribution in [3.05, 3.63) is 65.3 Å². The fourth-order valence-electron chi connectivity index (χ4n) is 10.3. The van der Waals surface area contributed by atoms with Gasteiger partial charge in [-0.3, -0.25) is 14.4 Å². The number of esters is 1. The van der Waals surface area contributed by atoms with Crippen LogP contribution >= 0.6 is 0 Å². The zero-order valence-corrected chi connectivity index (χ0v) is 39.5. The Labute approximate surface area is 381 Å². The van der Waals surface area contributed by atoms with E-state index in [1.165, 1.54) is 19.1 Å². The first-order chi connectivity index (χ1) is 30.5. The molecule has 1 aliphatic carbocycles. The maximum absolute atomic E-state index is 14.5. The van der Waals surface area contributed by atoms with Gasteiger partial charge in [0.25, 0.3) is 11.7 Å². The molecule has 3 fully saturated rings. The number of allylic oxidation sites excluding steroid dienone is 3. The van der Waals surface area contributed by atoms with Gasteiger partial charge in [-0.15, -0.1) is 0 Å². The van der Waals surface area contributed by atoms with Crippen molar-refractivity contribution in [3.8, 4) is 0 Å². The Morgan fingerprint density at radius 1 is 0.953 bits per heavy atom. The van der Waals surface area contributed by atoms with E-state index >= 15 is 0 Å². The van der Waals surface area contributed by atoms with E-state index in [-0.39, 0.29) is 55.6 Å². The Morgan fingerprint density at radius 3 is 2.34 bits per heavy atom. The maximum atomic E-state index is 14.5. The average molecular weight is 893 g/mol. The minimum Gasteiger partial charge on any atom is -0.456 e. The van der Waals surface area contributed by atoms with E-state index in [9.17, 15) is 29.4 Å². The number of piperidine rings is 1. The molecule has 13 heteroatoms. The Hall–Kier alpha value is -3.56. The number of cyclic esters (lactones) is 1. The third-order valence-electron chi connectivity index (χ3n) is 14.2. The molecule has 3 aliphatic heterocycles. The number of carbonyl (C=O) groups excluding carboxylic acids is 4. The fraction of sp³-hybridized carbons (Fsp3) is 0.686. The number of hydrogen-bond donors (Lipinski definition) is 3. The lowest BCUT2D eigenvalue weighted by Crippen LogP contribution is -2.64. The van der Waals surface area contributed by atoms with Crippen molar-refractivity contribution in [1.29, 1.82) is 0 Å². The Morgan fingerprint density at radius 2 is 1.66 bits per heavy atom. The van der Waals surface area contributed by atoms with Gasteiger partial charge in [0.05, 0.1) is 31.0 Å². The molecule has 1 aromatic carbocycles. The zero-order chi connectivity index (χ0) is 46.7. The molecule has 1 amide bonds. The molecular weight excluding hydrogens is 817 g/mol. The largest absolute Gasteiger partial charge is 0.456 e. The van der Waals surface area contributed by atoms with Gasteiger partial charge in [-0.25, -0.2) is 4.79 Å². The second-order valence-corrected chi connectivity index (χ2v) is 19.2. The summed E-state index contributed by atoms with van der Waals surface area (Å²) in [4.78, 5) is 58.3. The van der Waals surface area contributed by atoms with Crippen LogP contribution in [0.3, 0.4) is 0 Å². The number of aliphatic hydroxyl groups is 2. The summed E-state index contributed by atoms with van der Waals surface area (Å²) >= 11 is 0. The Balaban J connectivity index is 1.46. The van der Waals surface area contributed by atoms with Crippen LogP contribution < -0.4 is 5.73 Å². The number of benzene rings is 1. The molecular formula is C51H76N2O11. The van der Waals surface area contributed by atoms with Crippen molar-refractivity contribution in [2.45, 2.75) is 167 Å². The number of amides is 1. The molecule has 2 bridgehead atoms. The number of nitrogens with two attached hydrogens (primary N) is 1. The van der Waals surface area contributed by atoms with Crippen LogP contribution in [0.1, 0.15) is 118 Å². The molecule has 2 saturated heterocycles. The van der Waals surface area contributed by atoms with Crippen LogP contribution in [-0.2, 0) is 42.9 Å². The Kier molecular flexibility index (Phi) is 19.1.